The van der Waals surface area contributed by atoms with Gasteiger partial charge in [0.05, 0.1) is 10.0 Å². The normalized spacial score (nSPS) is 15.2. The van der Waals surface area contributed by atoms with E-state index in [4.69, 9.17) is 40.2 Å². The molecule has 1 heterocycles. The molecule has 0 unspecified atom stereocenters. The van der Waals surface area contributed by atoms with E-state index in [1.54, 1.807) is 6.07 Å². The summed E-state index contributed by atoms with van der Waals surface area (Å²) >= 11 is 17.6. The fraction of sp³-hybridized carbons (Fsp3) is 0.316. The SMILES string of the molecule is CN1CCN(C(=S)c2ccc(OCc3ccc(Cl)c(Cl)c3)cc2)CC1. The number of benzene rings is 2. The molecule has 6 heteroatoms. The Morgan fingerprint density at radius 2 is 1.68 bits per heavy atom. The molecule has 1 aliphatic heterocycles. The quantitative estimate of drug-likeness (QED) is 0.709. The molecule has 2 aromatic rings. The van der Waals surface area contributed by atoms with Gasteiger partial charge in [-0.3, -0.25) is 0 Å². The Morgan fingerprint density at radius 1 is 1.00 bits per heavy atom. The van der Waals surface area contributed by atoms with Crippen molar-refractivity contribution < 1.29 is 4.74 Å². The van der Waals surface area contributed by atoms with Crippen LogP contribution in [-0.2, 0) is 6.61 Å². The number of thiocarbonyl (C=S) groups is 1. The van der Waals surface area contributed by atoms with Gasteiger partial charge in [-0.1, -0.05) is 41.5 Å². The summed E-state index contributed by atoms with van der Waals surface area (Å²) in [5.41, 5.74) is 2.04. The minimum Gasteiger partial charge on any atom is -0.489 e. The molecule has 0 radical (unpaired) electrons. The highest BCUT2D eigenvalue weighted by Gasteiger charge is 2.17. The van der Waals surface area contributed by atoms with Crippen molar-refractivity contribution in [1.82, 2.24) is 9.80 Å². The Morgan fingerprint density at radius 3 is 2.32 bits per heavy atom. The molecule has 3 rings (SSSR count). The van der Waals surface area contributed by atoms with E-state index in [9.17, 15) is 0 Å². The van der Waals surface area contributed by atoms with Gasteiger partial charge in [0.1, 0.15) is 17.3 Å². The maximum atomic E-state index is 6.02. The maximum absolute atomic E-state index is 6.02. The van der Waals surface area contributed by atoms with Crippen LogP contribution < -0.4 is 4.74 Å². The minimum atomic E-state index is 0.444. The zero-order chi connectivity index (χ0) is 17.8. The molecule has 0 atom stereocenters. The molecule has 1 aliphatic rings. The van der Waals surface area contributed by atoms with Gasteiger partial charge in [-0.25, -0.2) is 0 Å². The van der Waals surface area contributed by atoms with Crippen LogP contribution in [0.1, 0.15) is 11.1 Å². The zero-order valence-electron chi connectivity index (χ0n) is 14.0. The summed E-state index contributed by atoms with van der Waals surface area (Å²) in [5.74, 6) is 0.802. The molecule has 1 fully saturated rings. The molecule has 0 aromatic heterocycles. The number of rotatable bonds is 4. The molecule has 132 valence electrons. The molecule has 0 bridgehead atoms. The second-order valence-electron chi connectivity index (χ2n) is 6.16. The second-order valence-corrected chi connectivity index (χ2v) is 7.36. The van der Waals surface area contributed by atoms with E-state index >= 15 is 0 Å². The second kappa shape index (κ2) is 8.37. The van der Waals surface area contributed by atoms with Crippen molar-refractivity contribution in [2.24, 2.45) is 0 Å². The van der Waals surface area contributed by atoms with Gasteiger partial charge in [0.2, 0.25) is 0 Å². The molecule has 0 saturated carbocycles. The molecule has 2 aromatic carbocycles. The number of hydrogen-bond donors (Lipinski definition) is 0. The van der Waals surface area contributed by atoms with Gasteiger partial charge >= 0.3 is 0 Å². The van der Waals surface area contributed by atoms with Gasteiger partial charge in [0.15, 0.2) is 0 Å². The van der Waals surface area contributed by atoms with Crippen LogP contribution in [-0.4, -0.2) is 48.0 Å². The maximum Gasteiger partial charge on any atom is 0.119 e. The molecular formula is C19H20Cl2N2OS. The minimum absolute atomic E-state index is 0.444. The van der Waals surface area contributed by atoms with E-state index in [2.05, 4.69) is 16.8 Å². The lowest BCUT2D eigenvalue weighted by Gasteiger charge is -2.34. The highest BCUT2D eigenvalue weighted by molar-refractivity contribution is 7.80. The largest absolute Gasteiger partial charge is 0.489 e. The van der Waals surface area contributed by atoms with E-state index in [0.717, 1.165) is 48.0 Å². The van der Waals surface area contributed by atoms with Crippen LogP contribution in [0.5, 0.6) is 5.75 Å². The van der Waals surface area contributed by atoms with Gasteiger partial charge in [-0.05, 0) is 49.0 Å². The lowest BCUT2D eigenvalue weighted by Crippen LogP contribution is -2.46. The zero-order valence-corrected chi connectivity index (χ0v) is 16.4. The third-order valence-electron chi connectivity index (χ3n) is 4.28. The highest BCUT2D eigenvalue weighted by atomic mass is 35.5. The van der Waals surface area contributed by atoms with E-state index in [1.807, 2.05) is 36.4 Å². The van der Waals surface area contributed by atoms with Gasteiger partial charge in [-0.15, -0.1) is 0 Å². The average molecular weight is 395 g/mol. The summed E-state index contributed by atoms with van der Waals surface area (Å²) in [6, 6.07) is 13.5. The molecule has 0 aliphatic carbocycles. The average Bonchev–Trinajstić information content (AvgIpc) is 2.63. The van der Waals surface area contributed by atoms with Gasteiger partial charge in [0, 0.05) is 31.7 Å². The fourth-order valence-corrected chi connectivity index (χ4v) is 3.32. The molecule has 1 saturated heterocycles. The monoisotopic (exact) mass is 394 g/mol. The summed E-state index contributed by atoms with van der Waals surface area (Å²) in [6.45, 7) is 4.49. The van der Waals surface area contributed by atoms with Crippen molar-refractivity contribution in [3.63, 3.8) is 0 Å². The smallest absolute Gasteiger partial charge is 0.119 e. The molecule has 0 N–H and O–H groups in total. The standard InChI is InChI=1S/C19H20Cl2N2OS/c1-22-8-10-23(11-9-22)19(25)15-3-5-16(6-4-15)24-13-14-2-7-17(20)18(21)12-14/h2-7,12H,8-11,13H2,1H3. The summed E-state index contributed by atoms with van der Waals surface area (Å²) < 4.78 is 5.82. The van der Waals surface area contributed by atoms with Crippen LogP contribution in [0.3, 0.4) is 0 Å². The number of halogens is 2. The van der Waals surface area contributed by atoms with Crippen molar-refractivity contribution in [1.29, 1.82) is 0 Å². The van der Waals surface area contributed by atoms with E-state index < -0.39 is 0 Å². The van der Waals surface area contributed by atoms with Crippen LogP contribution in [0.4, 0.5) is 0 Å². The molecule has 0 spiro atoms. The van der Waals surface area contributed by atoms with Crippen LogP contribution in [0.2, 0.25) is 10.0 Å². The highest BCUT2D eigenvalue weighted by Crippen LogP contribution is 2.23. The molecule has 25 heavy (non-hydrogen) atoms. The fourth-order valence-electron chi connectivity index (χ4n) is 2.68. The summed E-state index contributed by atoms with van der Waals surface area (Å²) in [4.78, 5) is 5.49. The van der Waals surface area contributed by atoms with Crippen molar-refractivity contribution in [2.75, 3.05) is 33.2 Å². The number of piperazine rings is 1. The Labute approximate surface area is 164 Å². The number of hydrogen-bond acceptors (Lipinski definition) is 3. The third kappa shape index (κ3) is 4.85. The Kier molecular flexibility index (Phi) is 6.18. The number of nitrogens with zero attached hydrogens (tertiary/aromatic N) is 2. The van der Waals surface area contributed by atoms with E-state index in [1.165, 1.54) is 0 Å². The van der Waals surface area contributed by atoms with Gasteiger partial charge in [0.25, 0.3) is 0 Å². The van der Waals surface area contributed by atoms with Crippen LogP contribution >= 0.6 is 35.4 Å². The Hall–Kier alpha value is -1.33. The lowest BCUT2D eigenvalue weighted by molar-refractivity contribution is 0.218. The number of likely N-dealkylation sites (N-methyl/N-ethyl adjacent to an activating group) is 1. The van der Waals surface area contributed by atoms with Crippen LogP contribution in [0, 0.1) is 0 Å². The predicted molar refractivity (Wildman–Crippen MR) is 108 cm³/mol. The van der Waals surface area contributed by atoms with Gasteiger partial charge < -0.3 is 14.5 Å². The van der Waals surface area contributed by atoms with Crippen LogP contribution in [0.15, 0.2) is 42.5 Å². The molecule has 3 nitrogen and oxygen atoms in total. The van der Waals surface area contributed by atoms with Crippen molar-refractivity contribution >= 4 is 40.4 Å². The lowest BCUT2D eigenvalue weighted by atomic mass is 10.2. The summed E-state index contributed by atoms with van der Waals surface area (Å²) in [6.07, 6.45) is 0. The third-order valence-corrected chi connectivity index (χ3v) is 5.51. The number of ether oxygens (including phenoxy) is 1. The summed E-state index contributed by atoms with van der Waals surface area (Å²) in [7, 11) is 2.14. The summed E-state index contributed by atoms with van der Waals surface area (Å²) in [5, 5.41) is 1.09. The first kappa shape index (κ1) is 18.5. The Bertz CT molecular complexity index is 744. The molecule has 0 amide bonds. The van der Waals surface area contributed by atoms with Crippen LogP contribution in [0.25, 0.3) is 0 Å². The van der Waals surface area contributed by atoms with E-state index in [0.29, 0.717) is 16.7 Å². The van der Waals surface area contributed by atoms with Crippen molar-refractivity contribution in [3.05, 3.63) is 63.6 Å². The Balaban J connectivity index is 1.58. The van der Waals surface area contributed by atoms with Crippen molar-refractivity contribution in [3.8, 4) is 5.75 Å². The van der Waals surface area contributed by atoms with Gasteiger partial charge in [-0.2, -0.15) is 0 Å². The van der Waals surface area contributed by atoms with Crippen molar-refractivity contribution in [2.45, 2.75) is 6.61 Å². The topological polar surface area (TPSA) is 15.7 Å². The first-order chi connectivity index (χ1) is 12.0. The van der Waals surface area contributed by atoms with E-state index in [-0.39, 0.29) is 0 Å². The first-order valence-electron chi connectivity index (χ1n) is 8.17. The predicted octanol–water partition coefficient (Wildman–Crippen LogP) is 4.50. The first-order valence-corrected chi connectivity index (χ1v) is 9.34. The molecular weight excluding hydrogens is 375 g/mol.